The van der Waals surface area contributed by atoms with Crippen molar-refractivity contribution in [2.24, 2.45) is 0 Å². The predicted molar refractivity (Wildman–Crippen MR) is 66.6 cm³/mol. The Bertz CT molecular complexity index is 659. The summed E-state index contributed by atoms with van der Waals surface area (Å²) in [4.78, 5) is 21.7. The number of fused-ring (bicyclic) bond motifs is 3. The quantitative estimate of drug-likeness (QED) is 0.597. The number of rotatable bonds is 2. The molecule has 2 aromatic rings. The van der Waals surface area contributed by atoms with Gasteiger partial charge in [-0.3, -0.25) is 14.9 Å². The Hall–Kier alpha value is -2.49. The lowest BCUT2D eigenvalue weighted by atomic mass is 9.87. The molecule has 0 aromatic heterocycles. The summed E-state index contributed by atoms with van der Waals surface area (Å²) < 4.78 is 0. The molecule has 0 amide bonds. The smallest absolute Gasteiger partial charge is 0.269 e. The Morgan fingerprint density at radius 3 is 2.17 bits per heavy atom. The van der Waals surface area contributed by atoms with E-state index in [9.17, 15) is 14.9 Å². The van der Waals surface area contributed by atoms with E-state index in [0.29, 0.717) is 12.0 Å². The Labute approximate surface area is 103 Å². The van der Waals surface area contributed by atoms with Crippen molar-refractivity contribution in [3.05, 3.63) is 63.7 Å². The lowest BCUT2D eigenvalue weighted by Gasteiger charge is -2.16. The van der Waals surface area contributed by atoms with Gasteiger partial charge in [0.05, 0.1) is 4.92 Å². The van der Waals surface area contributed by atoms with Crippen LogP contribution in [0.5, 0.6) is 0 Å². The Morgan fingerprint density at radius 2 is 1.67 bits per heavy atom. The number of carbonyl (C=O) groups excluding carboxylic acids is 1. The van der Waals surface area contributed by atoms with E-state index >= 15 is 0 Å². The number of carbonyl (C=O) groups is 1. The largest absolute Gasteiger partial charge is 0.294 e. The molecule has 0 atom stereocenters. The maximum absolute atomic E-state index is 11.5. The monoisotopic (exact) mass is 239 g/mol. The first-order chi connectivity index (χ1) is 8.65. The van der Waals surface area contributed by atoms with Crippen molar-refractivity contribution >= 4 is 11.5 Å². The van der Waals surface area contributed by atoms with Gasteiger partial charge in [-0.2, -0.15) is 0 Å². The molecule has 2 aliphatic rings. The standard InChI is InChI=1S/C14H9NO3/c16-14-8-10-1-2-11(14)7-13(10)9-3-5-12(6-4-9)15(17)18/h1-7H,8H2. The van der Waals surface area contributed by atoms with Gasteiger partial charge in [-0.05, 0) is 34.9 Å². The Morgan fingerprint density at radius 1 is 1.00 bits per heavy atom. The van der Waals surface area contributed by atoms with Gasteiger partial charge in [0, 0.05) is 24.1 Å². The van der Waals surface area contributed by atoms with E-state index in [4.69, 9.17) is 0 Å². The van der Waals surface area contributed by atoms with Crippen molar-refractivity contribution in [2.75, 3.05) is 0 Å². The zero-order valence-corrected chi connectivity index (χ0v) is 9.42. The van der Waals surface area contributed by atoms with Gasteiger partial charge in [-0.15, -0.1) is 0 Å². The summed E-state index contributed by atoms with van der Waals surface area (Å²) in [6.45, 7) is 0. The first kappa shape index (κ1) is 10.7. The maximum Gasteiger partial charge on any atom is 0.269 e. The minimum absolute atomic E-state index is 0.0737. The summed E-state index contributed by atoms with van der Waals surface area (Å²) in [6.07, 6.45) is 0.425. The summed E-state index contributed by atoms with van der Waals surface area (Å²) in [7, 11) is 0. The second-order valence-corrected chi connectivity index (χ2v) is 4.28. The minimum Gasteiger partial charge on any atom is -0.294 e. The van der Waals surface area contributed by atoms with Crippen molar-refractivity contribution in [3.8, 4) is 11.1 Å². The molecule has 4 nitrogen and oxygen atoms in total. The molecule has 4 rings (SSSR count). The molecule has 0 saturated heterocycles. The van der Waals surface area contributed by atoms with Crippen molar-refractivity contribution in [1.82, 2.24) is 0 Å². The SMILES string of the molecule is O=C1Cc2ccc1cc2-c1ccc([N+](=O)[O-])cc1. The third-order valence-electron chi connectivity index (χ3n) is 3.17. The number of non-ortho nitro benzene ring substituents is 1. The molecule has 0 N–H and O–H groups in total. The van der Waals surface area contributed by atoms with E-state index in [1.165, 1.54) is 12.1 Å². The number of nitro groups is 1. The van der Waals surface area contributed by atoms with Crippen LogP contribution in [0.2, 0.25) is 0 Å². The first-order valence-corrected chi connectivity index (χ1v) is 5.56. The molecule has 2 aromatic carbocycles. The van der Waals surface area contributed by atoms with Crippen LogP contribution in [0.4, 0.5) is 5.69 Å². The van der Waals surface area contributed by atoms with Gasteiger partial charge in [0.25, 0.3) is 5.69 Å². The normalized spacial score (nSPS) is 12.8. The molecule has 0 fully saturated rings. The summed E-state index contributed by atoms with van der Waals surface area (Å²) >= 11 is 0. The molecular formula is C14H9NO3. The number of Topliss-reactive ketones (excluding diaryl/α,β-unsaturated/α-hetero) is 1. The highest BCUT2D eigenvalue weighted by Gasteiger charge is 2.19. The number of hydrogen-bond acceptors (Lipinski definition) is 3. The minimum atomic E-state index is -0.420. The Kier molecular flexibility index (Phi) is 2.23. The van der Waals surface area contributed by atoms with Crippen LogP contribution in [0.15, 0.2) is 42.5 Å². The zero-order chi connectivity index (χ0) is 12.7. The average Bonchev–Trinajstić information content (AvgIpc) is 2.39. The van der Waals surface area contributed by atoms with Crippen LogP contribution in [0.25, 0.3) is 11.1 Å². The number of nitro benzene ring substituents is 1. The molecule has 0 spiro atoms. The van der Waals surface area contributed by atoms with Crippen LogP contribution in [0.3, 0.4) is 0 Å². The van der Waals surface area contributed by atoms with Crippen molar-refractivity contribution in [3.63, 3.8) is 0 Å². The van der Waals surface area contributed by atoms with Gasteiger partial charge in [0.2, 0.25) is 0 Å². The molecule has 4 heteroatoms. The molecule has 0 heterocycles. The van der Waals surface area contributed by atoms with E-state index in [1.807, 2.05) is 18.2 Å². The second-order valence-electron chi connectivity index (χ2n) is 4.28. The van der Waals surface area contributed by atoms with E-state index in [2.05, 4.69) is 0 Å². The van der Waals surface area contributed by atoms with Crippen molar-refractivity contribution in [1.29, 1.82) is 0 Å². The van der Waals surface area contributed by atoms with Gasteiger partial charge in [0.15, 0.2) is 5.78 Å². The summed E-state index contributed by atoms with van der Waals surface area (Å²) in [5.41, 5.74) is 3.65. The summed E-state index contributed by atoms with van der Waals surface area (Å²) in [6, 6.07) is 12.0. The van der Waals surface area contributed by atoms with Crippen LogP contribution in [-0.2, 0) is 6.42 Å². The van der Waals surface area contributed by atoms with Crippen LogP contribution in [-0.4, -0.2) is 10.7 Å². The summed E-state index contributed by atoms with van der Waals surface area (Å²) in [5.74, 6) is 0.137. The number of benzene rings is 2. The molecule has 0 saturated carbocycles. The fourth-order valence-corrected chi connectivity index (χ4v) is 2.21. The van der Waals surface area contributed by atoms with Gasteiger partial charge in [0.1, 0.15) is 0 Å². The molecular weight excluding hydrogens is 230 g/mol. The second kappa shape index (κ2) is 3.77. The molecule has 0 aliphatic heterocycles. The molecule has 18 heavy (non-hydrogen) atoms. The van der Waals surface area contributed by atoms with Crippen LogP contribution in [0, 0.1) is 10.1 Å². The molecule has 2 aliphatic carbocycles. The Balaban J connectivity index is 2.07. The molecule has 0 radical (unpaired) electrons. The van der Waals surface area contributed by atoms with Gasteiger partial charge in [-0.1, -0.05) is 12.1 Å². The maximum atomic E-state index is 11.5. The topological polar surface area (TPSA) is 60.2 Å². The number of nitrogens with zero attached hydrogens (tertiary/aromatic N) is 1. The summed E-state index contributed by atoms with van der Waals surface area (Å²) in [5, 5.41) is 10.6. The van der Waals surface area contributed by atoms with Gasteiger partial charge in [-0.25, -0.2) is 0 Å². The highest BCUT2D eigenvalue weighted by molar-refractivity contribution is 6.02. The first-order valence-electron chi connectivity index (χ1n) is 5.56. The van der Waals surface area contributed by atoms with Crippen LogP contribution >= 0.6 is 0 Å². The lowest BCUT2D eigenvalue weighted by Crippen LogP contribution is -2.11. The van der Waals surface area contributed by atoms with Crippen molar-refractivity contribution in [2.45, 2.75) is 6.42 Å². The van der Waals surface area contributed by atoms with E-state index < -0.39 is 4.92 Å². The van der Waals surface area contributed by atoms with Gasteiger partial charge >= 0.3 is 0 Å². The number of hydrogen-bond donors (Lipinski definition) is 0. The van der Waals surface area contributed by atoms with Crippen LogP contribution in [0.1, 0.15) is 15.9 Å². The predicted octanol–water partition coefficient (Wildman–Crippen LogP) is 3.00. The van der Waals surface area contributed by atoms with Crippen molar-refractivity contribution < 1.29 is 9.72 Å². The molecule has 0 unspecified atom stereocenters. The third-order valence-corrected chi connectivity index (χ3v) is 3.17. The fourth-order valence-electron chi connectivity index (χ4n) is 2.21. The zero-order valence-electron chi connectivity index (χ0n) is 9.42. The van der Waals surface area contributed by atoms with E-state index in [-0.39, 0.29) is 11.5 Å². The molecule has 2 bridgehead atoms. The highest BCUT2D eigenvalue weighted by Crippen LogP contribution is 2.31. The third kappa shape index (κ3) is 1.59. The number of ketones is 1. The van der Waals surface area contributed by atoms with E-state index in [0.717, 1.165) is 16.7 Å². The molecule has 88 valence electrons. The fraction of sp³-hybridized carbons (Fsp3) is 0.0714. The van der Waals surface area contributed by atoms with Gasteiger partial charge < -0.3 is 0 Å². The highest BCUT2D eigenvalue weighted by atomic mass is 16.6. The average molecular weight is 239 g/mol. The van der Waals surface area contributed by atoms with Crippen LogP contribution < -0.4 is 0 Å². The lowest BCUT2D eigenvalue weighted by molar-refractivity contribution is -0.384. The van der Waals surface area contributed by atoms with E-state index in [1.54, 1.807) is 12.1 Å².